The first-order chi connectivity index (χ1) is 14.6. The molecule has 1 aliphatic carbocycles. The molecule has 0 saturated carbocycles. The molecule has 3 rings (SSSR count). The summed E-state index contributed by atoms with van der Waals surface area (Å²) in [4.78, 5) is 17.5. The standard InChI is InChI=1S/C26H34N4O/c1-17-10-13-19(14-11-17)28-24(16-23(27)26(3,4)5)30-25(31)29-22-15-12-18(2)20-8-6-7-9-21(20)22/h6-11,13-14,16,18,22H,12,15,27H2,1-5H3,(H2,28,29,30,31). The molecule has 5 nitrogen and oxygen atoms in total. The fourth-order valence-electron chi connectivity index (χ4n) is 3.68. The van der Waals surface area contributed by atoms with Gasteiger partial charge in [-0.15, -0.1) is 0 Å². The Morgan fingerprint density at radius 3 is 2.35 bits per heavy atom. The van der Waals surface area contributed by atoms with Crippen LogP contribution in [0, 0.1) is 12.3 Å². The Kier molecular flexibility index (Phi) is 6.84. The molecule has 2 aromatic rings. The maximum Gasteiger partial charge on any atom is 0.320 e. The van der Waals surface area contributed by atoms with Crippen molar-refractivity contribution in [3.63, 3.8) is 0 Å². The molecule has 31 heavy (non-hydrogen) atoms. The number of rotatable bonds is 3. The molecule has 0 fully saturated rings. The minimum Gasteiger partial charge on any atom is -0.401 e. The van der Waals surface area contributed by atoms with E-state index in [0.717, 1.165) is 24.1 Å². The maximum absolute atomic E-state index is 12.9. The number of aliphatic imine (C=N–C) groups is 1. The summed E-state index contributed by atoms with van der Waals surface area (Å²) in [5.41, 5.74) is 11.1. The quantitative estimate of drug-likeness (QED) is 0.432. The Bertz CT molecular complexity index is 983. The molecule has 0 saturated heterocycles. The number of fused-ring (bicyclic) bond motifs is 1. The van der Waals surface area contributed by atoms with Crippen molar-refractivity contribution in [3.8, 4) is 0 Å². The van der Waals surface area contributed by atoms with Crippen LogP contribution in [0.15, 0.2) is 65.3 Å². The summed E-state index contributed by atoms with van der Waals surface area (Å²) in [6.45, 7) is 10.4. The van der Waals surface area contributed by atoms with Crippen molar-refractivity contribution in [1.82, 2.24) is 10.6 Å². The minimum atomic E-state index is -0.279. The molecule has 5 heteroatoms. The number of allylic oxidation sites excluding steroid dienone is 1. The molecular weight excluding hydrogens is 384 g/mol. The zero-order valence-electron chi connectivity index (χ0n) is 19.2. The van der Waals surface area contributed by atoms with Gasteiger partial charge in [0.1, 0.15) is 5.84 Å². The van der Waals surface area contributed by atoms with Crippen molar-refractivity contribution >= 4 is 17.6 Å². The van der Waals surface area contributed by atoms with E-state index in [4.69, 9.17) is 5.73 Å². The highest BCUT2D eigenvalue weighted by Crippen LogP contribution is 2.36. The molecule has 2 amide bonds. The van der Waals surface area contributed by atoms with Crippen LogP contribution in [0.4, 0.5) is 10.5 Å². The van der Waals surface area contributed by atoms with Crippen LogP contribution in [0.2, 0.25) is 0 Å². The van der Waals surface area contributed by atoms with Crippen molar-refractivity contribution in [1.29, 1.82) is 0 Å². The van der Waals surface area contributed by atoms with Gasteiger partial charge in [0.25, 0.3) is 0 Å². The Labute approximate surface area is 185 Å². The highest BCUT2D eigenvalue weighted by atomic mass is 16.2. The number of aryl methyl sites for hydroxylation is 1. The van der Waals surface area contributed by atoms with Gasteiger partial charge in [-0.25, -0.2) is 9.79 Å². The largest absolute Gasteiger partial charge is 0.401 e. The molecule has 164 valence electrons. The number of urea groups is 1. The molecule has 0 heterocycles. The second-order valence-corrected chi connectivity index (χ2v) is 9.44. The Hall–Kier alpha value is -3.08. The summed E-state index contributed by atoms with van der Waals surface area (Å²) >= 11 is 0. The number of nitrogens with two attached hydrogens (primary N) is 1. The zero-order valence-corrected chi connectivity index (χ0v) is 19.2. The van der Waals surface area contributed by atoms with Gasteiger partial charge in [0.05, 0.1) is 11.7 Å². The van der Waals surface area contributed by atoms with Gasteiger partial charge >= 0.3 is 6.03 Å². The molecule has 0 bridgehead atoms. The van der Waals surface area contributed by atoms with E-state index in [0.29, 0.717) is 17.5 Å². The number of carbonyl (C=O) groups excluding carboxylic acids is 1. The molecule has 0 aromatic heterocycles. The number of carbonyl (C=O) groups is 1. The lowest BCUT2D eigenvalue weighted by Gasteiger charge is -2.30. The van der Waals surface area contributed by atoms with Gasteiger partial charge in [-0.2, -0.15) is 0 Å². The van der Waals surface area contributed by atoms with Crippen molar-refractivity contribution in [2.24, 2.45) is 16.1 Å². The van der Waals surface area contributed by atoms with Crippen molar-refractivity contribution in [3.05, 3.63) is 77.0 Å². The first-order valence-corrected chi connectivity index (χ1v) is 10.9. The van der Waals surface area contributed by atoms with Gasteiger partial charge in [0.15, 0.2) is 0 Å². The lowest BCUT2D eigenvalue weighted by Crippen LogP contribution is -2.42. The van der Waals surface area contributed by atoms with Crippen LogP contribution in [-0.2, 0) is 0 Å². The molecule has 0 spiro atoms. The van der Waals surface area contributed by atoms with Gasteiger partial charge in [0.2, 0.25) is 0 Å². The fraction of sp³-hybridized carbons (Fsp3) is 0.385. The molecule has 1 aliphatic rings. The summed E-state index contributed by atoms with van der Waals surface area (Å²) in [5, 5.41) is 6.05. The molecule has 0 radical (unpaired) electrons. The first kappa shape index (κ1) is 22.6. The monoisotopic (exact) mass is 418 g/mol. The lowest BCUT2D eigenvalue weighted by atomic mass is 9.81. The highest BCUT2D eigenvalue weighted by molar-refractivity contribution is 6.05. The summed E-state index contributed by atoms with van der Waals surface area (Å²) in [6.07, 6.45) is 3.70. The van der Waals surface area contributed by atoms with Crippen LogP contribution in [0.3, 0.4) is 0 Å². The van der Waals surface area contributed by atoms with Crippen LogP contribution in [0.25, 0.3) is 0 Å². The van der Waals surface area contributed by atoms with Gasteiger partial charge in [-0.05, 0) is 48.9 Å². The maximum atomic E-state index is 12.9. The van der Waals surface area contributed by atoms with E-state index < -0.39 is 0 Å². The molecule has 4 N–H and O–H groups in total. The van der Waals surface area contributed by atoms with Gasteiger partial charge in [-0.3, -0.25) is 5.32 Å². The van der Waals surface area contributed by atoms with Crippen LogP contribution in [-0.4, -0.2) is 11.9 Å². The van der Waals surface area contributed by atoms with Crippen LogP contribution in [0.1, 0.15) is 69.2 Å². The lowest BCUT2D eigenvalue weighted by molar-refractivity contribution is 0.239. The van der Waals surface area contributed by atoms with Crippen LogP contribution in [0.5, 0.6) is 0 Å². The number of amidine groups is 1. The molecule has 2 aromatic carbocycles. The third-order valence-corrected chi connectivity index (χ3v) is 5.78. The number of amides is 2. The van der Waals surface area contributed by atoms with E-state index in [1.54, 1.807) is 6.08 Å². The molecule has 2 atom stereocenters. The Balaban J connectivity index is 1.82. The van der Waals surface area contributed by atoms with E-state index >= 15 is 0 Å². The Morgan fingerprint density at radius 2 is 1.71 bits per heavy atom. The van der Waals surface area contributed by atoms with Crippen LogP contribution >= 0.6 is 0 Å². The molecule has 0 aliphatic heterocycles. The predicted octanol–water partition coefficient (Wildman–Crippen LogP) is 5.85. The topological polar surface area (TPSA) is 79.5 Å². The molecular formula is C26H34N4O. The zero-order chi connectivity index (χ0) is 22.6. The normalized spacial score (nSPS) is 19.5. The van der Waals surface area contributed by atoms with Crippen molar-refractivity contribution in [2.75, 3.05) is 0 Å². The van der Waals surface area contributed by atoms with Crippen molar-refractivity contribution < 1.29 is 4.79 Å². The van der Waals surface area contributed by atoms with Gasteiger partial charge < -0.3 is 11.1 Å². The summed E-state index contributed by atoms with van der Waals surface area (Å²) in [7, 11) is 0. The third-order valence-electron chi connectivity index (χ3n) is 5.78. The average Bonchev–Trinajstić information content (AvgIpc) is 2.71. The van der Waals surface area contributed by atoms with Crippen molar-refractivity contribution in [2.45, 2.75) is 59.4 Å². The number of hydrogen-bond donors (Lipinski definition) is 3. The highest BCUT2D eigenvalue weighted by Gasteiger charge is 2.25. The average molecular weight is 419 g/mol. The Morgan fingerprint density at radius 1 is 1.06 bits per heavy atom. The smallest absolute Gasteiger partial charge is 0.320 e. The van der Waals surface area contributed by atoms with Gasteiger partial charge in [-0.1, -0.05) is 69.7 Å². The summed E-state index contributed by atoms with van der Waals surface area (Å²) < 4.78 is 0. The van der Waals surface area contributed by atoms with E-state index in [-0.39, 0.29) is 17.5 Å². The number of nitrogens with one attached hydrogen (secondary N) is 2. The number of hydrogen-bond acceptors (Lipinski definition) is 3. The number of nitrogens with zero attached hydrogens (tertiary/aromatic N) is 1. The van der Waals surface area contributed by atoms with E-state index in [2.05, 4.69) is 40.7 Å². The van der Waals surface area contributed by atoms with E-state index in [9.17, 15) is 4.79 Å². The first-order valence-electron chi connectivity index (χ1n) is 10.9. The predicted molar refractivity (Wildman–Crippen MR) is 128 cm³/mol. The molecule has 2 unspecified atom stereocenters. The van der Waals surface area contributed by atoms with Gasteiger partial charge in [0, 0.05) is 17.2 Å². The second kappa shape index (κ2) is 9.38. The second-order valence-electron chi connectivity index (χ2n) is 9.44. The summed E-state index contributed by atoms with van der Waals surface area (Å²) in [5.74, 6) is 0.928. The third kappa shape index (κ3) is 5.97. The fourth-order valence-corrected chi connectivity index (χ4v) is 3.68. The van der Waals surface area contributed by atoms with Crippen LogP contribution < -0.4 is 16.4 Å². The van der Waals surface area contributed by atoms with E-state index in [1.807, 2.05) is 58.0 Å². The number of benzene rings is 2. The van der Waals surface area contributed by atoms with E-state index in [1.165, 1.54) is 11.1 Å². The minimum absolute atomic E-state index is 0.0167. The summed E-state index contributed by atoms with van der Waals surface area (Å²) in [6, 6.07) is 15.9. The SMILES string of the molecule is Cc1ccc(N=C(C=C(N)C(C)(C)C)NC(=O)NC2CCC(C)c3ccccc32)cc1.